The molecule has 1 atom stereocenters. The second kappa shape index (κ2) is 8.45. The zero-order chi connectivity index (χ0) is 22.4. The van der Waals surface area contributed by atoms with Crippen molar-refractivity contribution in [3.05, 3.63) is 83.9 Å². The Kier molecular flexibility index (Phi) is 5.29. The van der Waals surface area contributed by atoms with E-state index in [-0.39, 0.29) is 17.7 Å². The van der Waals surface area contributed by atoms with E-state index in [2.05, 4.69) is 28.0 Å². The fourth-order valence-corrected chi connectivity index (χ4v) is 6.24. The Hall–Kier alpha value is -2.93. The number of anilines is 2. The molecule has 1 unspecified atom stereocenters. The van der Waals surface area contributed by atoms with Gasteiger partial charge in [0.05, 0.1) is 24.0 Å². The molecular formula is C27H25N3O2S. The number of carbonyl (C=O) groups is 2. The van der Waals surface area contributed by atoms with E-state index in [4.69, 9.17) is 0 Å². The Morgan fingerprint density at radius 1 is 0.818 bits per heavy atom. The molecule has 166 valence electrons. The molecule has 3 aromatic carbocycles. The molecule has 0 radical (unpaired) electrons. The Morgan fingerprint density at radius 2 is 1.42 bits per heavy atom. The minimum Gasteiger partial charge on any atom is -0.292 e. The topological polar surface area (TPSA) is 43.9 Å². The van der Waals surface area contributed by atoms with Crippen LogP contribution in [0.3, 0.4) is 0 Å². The summed E-state index contributed by atoms with van der Waals surface area (Å²) in [5.74, 6) is 0.335. The number of carbonyl (C=O) groups excluding carboxylic acids is 2. The molecule has 2 heterocycles. The van der Waals surface area contributed by atoms with Crippen LogP contribution < -0.4 is 4.90 Å². The largest absolute Gasteiger partial charge is 0.292 e. The van der Waals surface area contributed by atoms with Crippen LogP contribution in [-0.2, 0) is 11.2 Å². The first-order chi connectivity index (χ1) is 16.2. The number of rotatable bonds is 3. The van der Waals surface area contributed by atoms with Gasteiger partial charge >= 0.3 is 0 Å². The number of hydrogen-bond donors (Lipinski definition) is 0. The maximum absolute atomic E-state index is 13.5. The molecule has 3 aromatic rings. The first-order valence-electron chi connectivity index (χ1n) is 11.5. The van der Waals surface area contributed by atoms with Gasteiger partial charge in [-0.05, 0) is 36.2 Å². The zero-order valence-corrected chi connectivity index (χ0v) is 19.1. The third-order valence-corrected chi connectivity index (χ3v) is 8.02. The predicted octanol–water partition coefficient (Wildman–Crippen LogP) is 4.24. The van der Waals surface area contributed by atoms with Crippen molar-refractivity contribution >= 4 is 34.8 Å². The number of fused-ring (bicyclic) bond motifs is 3. The van der Waals surface area contributed by atoms with Crippen LogP contribution in [0, 0.1) is 0 Å². The molecule has 0 N–H and O–H groups in total. The van der Waals surface area contributed by atoms with E-state index in [0.717, 1.165) is 64.9 Å². The van der Waals surface area contributed by atoms with Crippen molar-refractivity contribution in [2.24, 2.45) is 0 Å². The van der Waals surface area contributed by atoms with E-state index >= 15 is 0 Å². The molecule has 5 nitrogen and oxygen atoms in total. The molecule has 1 fully saturated rings. The van der Waals surface area contributed by atoms with Crippen LogP contribution in [-0.4, -0.2) is 60.3 Å². The van der Waals surface area contributed by atoms with Gasteiger partial charge in [-0.3, -0.25) is 24.3 Å². The molecule has 0 aromatic heterocycles. The number of benzene rings is 3. The third kappa shape index (κ3) is 3.68. The lowest BCUT2D eigenvalue weighted by Gasteiger charge is -2.38. The monoisotopic (exact) mass is 455 g/mol. The highest BCUT2D eigenvalue weighted by atomic mass is 32.2. The van der Waals surface area contributed by atoms with Crippen molar-refractivity contribution in [1.82, 2.24) is 9.80 Å². The van der Waals surface area contributed by atoms with Gasteiger partial charge in [0.1, 0.15) is 0 Å². The molecule has 6 rings (SSSR count). The van der Waals surface area contributed by atoms with E-state index < -0.39 is 0 Å². The number of piperazine rings is 1. The fraction of sp³-hybridized carbons (Fsp3) is 0.259. The lowest BCUT2D eigenvalue weighted by atomic mass is 10.1. The second-order valence-electron chi connectivity index (χ2n) is 8.82. The zero-order valence-electron chi connectivity index (χ0n) is 18.3. The van der Waals surface area contributed by atoms with Crippen molar-refractivity contribution in [1.29, 1.82) is 0 Å². The highest BCUT2D eigenvalue weighted by Crippen LogP contribution is 2.47. The highest BCUT2D eigenvalue weighted by molar-refractivity contribution is 7.99. The van der Waals surface area contributed by atoms with Gasteiger partial charge in [0.15, 0.2) is 5.78 Å². The van der Waals surface area contributed by atoms with Crippen LogP contribution in [0.25, 0.3) is 0 Å². The Labute approximate surface area is 198 Å². The summed E-state index contributed by atoms with van der Waals surface area (Å²) < 4.78 is 0. The van der Waals surface area contributed by atoms with Crippen LogP contribution >= 0.6 is 11.8 Å². The summed E-state index contributed by atoms with van der Waals surface area (Å²) in [5, 5.41) is 0. The first kappa shape index (κ1) is 20.7. The van der Waals surface area contributed by atoms with E-state index in [1.165, 1.54) is 0 Å². The minimum absolute atomic E-state index is 0.0573. The number of hydrogen-bond acceptors (Lipinski definition) is 5. The molecule has 1 saturated heterocycles. The second-order valence-corrected chi connectivity index (χ2v) is 9.90. The van der Waals surface area contributed by atoms with Crippen molar-refractivity contribution in [2.45, 2.75) is 22.3 Å². The molecule has 3 aliphatic rings. The number of Topliss-reactive ketones (excluding diaryl/α,β-unsaturated/α-hetero) is 1. The Balaban J connectivity index is 1.14. The molecule has 1 aliphatic carbocycles. The van der Waals surface area contributed by atoms with Crippen LogP contribution in [0.2, 0.25) is 0 Å². The molecule has 2 aliphatic heterocycles. The highest BCUT2D eigenvalue weighted by Gasteiger charge is 2.36. The summed E-state index contributed by atoms with van der Waals surface area (Å²) in [6.45, 7) is 3.57. The van der Waals surface area contributed by atoms with Crippen molar-refractivity contribution in [3.8, 4) is 0 Å². The van der Waals surface area contributed by atoms with Crippen LogP contribution in [0.5, 0.6) is 0 Å². The van der Waals surface area contributed by atoms with Crippen LogP contribution in [0.4, 0.5) is 11.4 Å². The number of para-hydroxylation sites is 2. The number of amides is 1. The minimum atomic E-state index is -0.0573. The molecule has 33 heavy (non-hydrogen) atoms. The Bertz CT molecular complexity index is 1190. The number of nitrogens with zero attached hydrogens (tertiary/aromatic N) is 3. The molecule has 6 heteroatoms. The lowest BCUT2D eigenvalue weighted by molar-refractivity contribution is -0.119. The predicted molar refractivity (Wildman–Crippen MR) is 130 cm³/mol. The summed E-state index contributed by atoms with van der Waals surface area (Å²) in [4.78, 5) is 35.0. The van der Waals surface area contributed by atoms with Crippen molar-refractivity contribution in [3.63, 3.8) is 0 Å². The molecular weight excluding hydrogens is 430 g/mol. The summed E-state index contributed by atoms with van der Waals surface area (Å²) in [5.41, 5.74) is 3.95. The molecule has 0 bridgehead atoms. The van der Waals surface area contributed by atoms with Gasteiger partial charge < -0.3 is 0 Å². The summed E-state index contributed by atoms with van der Waals surface area (Å²) in [6, 6.07) is 24.1. The van der Waals surface area contributed by atoms with Crippen LogP contribution in [0.1, 0.15) is 15.9 Å². The molecule has 0 saturated carbocycles. The van der Waals surface area contributed by atoms with Crippen molar-refractivity contribution in [2.75, 3.05) is 37.6 Å². The van der Waals surface area contributed by atoms with Gasteiger partial charge in [-0.15, -0.1) is 0 Å². The van der Waals surface area contributed by atoms with Gasteiger partial charge in [0.25, 0.3) is 0 Å². The summed E-state index contributed by atoms with van der Waals surface area (Å²) >= 11 is 1.71. The molecule has 0 spiro atoms. The average Bonchev–Trinajstić information content (AvgIpc) is 3.19. The van der Waals surface area contributed by atoms with Gasteiger partial charge in [-0.25, -0.2) is 0 Å². The third-order valence-electron chi connectivity index (χ3n) is 6.89. The normalized spacial score (nSPS) is 20.3. The quantitative estimate of drug-likeness (QED) is 0.591. The Morgan fingerprint density at radius 3 is 2.09 bits per heavy atom. The maximum Gasteiger partial charge on any atom is 0.245 e. The maximum atomic E-state index is 13.5. The number of ketones is 1. The first-order valence-corrected chi connectivity index (χ1v) is 12.3. The standard InChI is InChI=1S/C27H25N3O2S/c31-26(30-21-9-3-5-11-24(21)33-25-12-6-4-10-22(25)30)18-28-13-15-29(16-14-28)23-17-19-7-1-2-8-20(19)27(23)32/h1-12,23H,13-18H2. The van der Waals surface area contributed by atoms with E-state index in [1.54, 1.807) is 11.8 Å². The van der Waals surface area contributed by atoms with E-state index in [0.29, 0.717) is 6.54 Å². The van der Waals surface area contributed by atoms with Crippen LogP contribution in [0.15, 0.2) is 82.6 Å². The van der Waals surface area contributed by atoms with Gasteiger partial charge in [0.2, 0.25) is 5.91 Å². The van der Waals surface area contributed by atoms with Crippen molar-refractivity contribution < 1.29 is 9.59 Å². The van der Waals surface area contributed by atoms with Gasteiger partial charge in [-0.2, -0.15) is 0 Å². The summed E-state index contributed by atoms with van der Waals surface area (Å²) in [7, 11) is 0. The molecule has 1 amide bonds. The summed E-state index contributed by atoms with van der Waals surface area (Å²) in [6.07, 6.45) is 0.799. The SMILES string of the molecule is O=C1c2ccccc2CC1N1CCN(CC(=O)N2c3ccccc3Sc3ccccc32)CC1. The lowest BCUT2D eigenvalue weighted by Crippen LogP contribution is -2.53. The smallest absolute Gasteiger partial charge is 0.245 e. The fourth-order valence-electron chi connectivity index (χ4n) is 5.18. The van der Waals surface area contributed by atoms with Gasteiger partial charge in [0, 0.05) is 41.5 Å². The average molecular weight is 456 g/mol. The van der Waals surface area contributed by atoms with E-state index in [9.17, 15) is 9.59 Å². The van der Waals surface area contributed by atoms with Gasteiger partial charge in [-0.1, -0.05) is 60.3 Å². The van der Waals surface area contributed by atoms with E-state index in [1.807, 2.05) is 59.5 Å².